The topological polar surface area (TPSA) is 92.7 Å². The summed E-state index contributed by atoms with van der Waals surface area (Å²) in [5.41, 5.74) is -4.09. The number of nitrogens with one attached hydrogen (secondary N) is 1. The van der Waals surface area contributed by atoms with Gasteiger partial charge in [0.15, 0.2) is 0 Å². The number of hydroxylamine groups is 1. The van der Waals surface area contributed by atoms with E-state index in [2.05, 4.69) is 4.28 Å². The molecule has 0 radical (unpaired) electrons. The third-order valence-corrected chi connectivity index (χ3v) is 1.82. The molecule has 0 fully saturated rings. The molecule has 0 saturated carbocycles. The van der Waals surface area contributed by atoms with Crippen molar-refractivity contribution in [1.29, 1.82) is 0 Å². The minimum atomic E-state index is -5.69. The van der Waals surface area contributed by atoms with Crippen molar-refractivity contribution in [2.75, 3.05) is 6.54 Å². The highest BCUT2D eigenvalue weighted by Crippen LogP contribution is 2.23. The Bertz CT molecular complexity index is 346. The second-order valence-corrected chi connectivity index (χ2v) is 3.61. The third kappa shape index (κ3) is 5.34. The second kappa shape index (κ2) is 5.09. The zero-order valence-electron chi connectivity index (χ0n) is 6.98. The van der Waals surface area contributed by atoms with Crippen molar-refractivity contribution >= 4 is 16.1 Å². The van der Waals surface area contributed by atoms with Crippen LogP contribution in [0.15, 0.2) is 12.2 Å². The van der Waals surface area contributed by atoms with Crippen LogP contribution < -0.4 is 5.48 Å². The summed E-state index contributed by atoms with van der Waals surface area (Å²) in [7, 11) is -5.69. The Kier molecular flexibility index (Phi) is 4.71. The van der Waals surface area contributed by atoms with E-state index in [-0.39, 0.29) is 0 Å². The fourth-order valence-electron chi connectivity index (χ4n) is 0.367. The van der Waals surface area contributed by atoms with Gasteiger partial charge in [-0.3, -0.25) is 0 Å². The van der Waals surface area contributed by atoms with E-state index in [0.29, 0.717) is 6.08 Å². The fourth-order valence-corrected chi connectivity index (χ4v) is 0.684. The molecule has 0 aromatic carbocycles. The lowest BCUT2D eigenvalue weighted by Gasteiger charge is -2.06. The van der Waals surface area contributed by atoms with Gasteiger partial charge in [0.1, 0.15) is 0 Å². The van der Waals surface area contributed by atoms with Crippen LogP contribution in [0.4, 0.5) is 13.2 Å². The van der Waals surface area contributed by atoms with Crippen molar-refractivity contribution < 1.29 is 35.8 Å². The average molecular weight is 249 g/mol. The average Bonchev–Trinajstić information content (AvgIpc) is 2.00. The molecule has 0 rings (SSSR count). The van der Waals surface area contributed by atoms with Gasteiger partial charge in [-0.25, -0.2) is 4.79 Å². The Morgan fingerprint density at radius 3 is 2.40 bits per heavy atom. The molecule has 0 aromatic heterocycles. The Morgan fingerprint density at radius 1 is 1.47 bits per heavy atom. The number of carboxylic acids is 1. The molecule has 10 heteroatoms. The quantitative estimate of drug-likeness (QED) is 0.308. The number of hydrogen-bond acceptors (Lipinski definition) is 5. The number of aliphatic carboxylic acids is 1. The van der Waals surface area contributed by atoms with Gasteiger partial charge < -0.3 is 5.11 Å². The van der Waals surface area contributed by atoms with Crippen LogP contribution in [0.5, 0.6) is 0 Å². The molecule has 0 aromatic rings. The molecular weight excluding hydrogens is 243 g/mol. The predicted molar refractivity (Wildman–Crippen MR) is 40.8 cm³/mol. The molecule has 2 N–H and O–H groups in total. The summed E-state index contributed by atoms with van der Waals surface area (Å²) in [5, 5.41) is 8.05. The molecule has 0 aliphatic carbocycles. The summed E-state index contributed by atoms with van der Waals surface area (Å²) in [6, 6.07) is 0. The number of hydrogen-bond donors (Lipinski definition) is 2. The molecule has 0 bridgehead atoms. The van der Waals surface area contributed by atoms with Crippen molar-refractivity contribution in [3.05, 3.63) is 12.2 Å². The van der Waals surface area contributed by atoms with Gasteiger partial charge in [-0.1, -0.05) is 6.08 Å². The highest BCUT2D eigenvalue weighted by Gasteiger charge is 2.47. The van der Waals surface area contributed by atoms with Gasteiger partial charge in [0, 0.05) is 12.6 Å². The zero-order chi connectivity index (χ0) is 12.1. The third-order valence-electron chi connectivity index (χ3n) is 0.914. The van der Waals surface area contributed by atoms with Crippen LogP contribution in [0.2, 0.25) is 0 Å². The SMILES string of the molecule is O=C(O)C=CCNOS(=O)(=O)C(F)(F)F. The van der Waals surface area contributed by atoms with Crippen molar-refractivity contribution in [2.24, 2.45) is 0 Å². The van der Waals surface area contributed by atoms with Gasteiger partial charge in [-0.15, -0.1) is 0 Å². The lowest BCUT2D eigenvalue weighted by atomic mass is 10.5. The Morgan fingerprint density at radius 2 is 2.00 bits per heavy atom. The summed E-state index contributed by atoms with van der Waals surface area (Å²) in [6.07, 6.45) is 1.48. The molecule has 0 atom stereocenters. The molecule has 0 heterocycles. The van der Waals surface area contributed by atoms with E-state index in [4.69, 9.17) is 5.11 Å². The predicted octanol–water partition coefficient (Wildman–Crippen LogP) is -0.00200. The van der Waals surface area contributed by atoms with Gasteiger partial charge in [-0.05, 0) is 0 Å². The van der Waals surface area contributed by atoms with E-state index in [1.807, 2.05) is 0 Å². The van der Waals surface area contributed by atoms with Gasteiger partial charge >= 0.3 is 21.6 Å². The van der Waals surface area contributed by atoms with E-state index >= 15 is 0 Å². The van der Waals surface area contributed by atoms with Gasteiger partial charge in [-0.2, -0.15) is 31.4 Å². The molecular formula is C5H6F3NO5S. The smallest absolute Gasteiger partial charge is 0.478 e. The molecule has 0 amide bonds. The first-order valence-corrected chi connectivity index (χ1v) is 4.69. The largest absolute Gasteiger partial charge is 0.524 e. The first kappa shape index (κ1) is 13.9. The maximum absolute atomic E-state index is 11.6. The monoisotopic (exact) mass is 249 g/mol. The highest BCUT2D eigenvalue weighted by atomic mass is 32.2. The van der Waals surface area contributed by atoms with Gasteiger partial charge in [0.25, 0.3) is 0 Å². The molecule has 6 nitrogen and oxygen atoms in total. The Balaban J connectivity index is 4.04. The van der Waals surface area contributed by atoms with Crippen molar-refractivity contribution in [1.82, 2.24) is 5.48 Å². The molecule has 0 unspecified atom stereocenters. The first-order chi connectivity index (χ1) is 6.67. The summed E-state index contributed by atoms with van der Waals surface area (Å²) >= 11 is 0. The summed E-state index contributed by atoms with van der Waals surface area (Å²) < 4.78 is 58.5. The maximum atomic E-state index is 11.6. The number of alkyl halides is 3. The van der Waals surface area contributed by atoms with Crippen LogP contribution in [0, 0.1) is 0 Å². The molecule has 0 saturated heterocycles. The van der Waals surface area contributed by atoms with Crippen LogP contribution in [0.25, 0.3) is 0 Å². The molecule has 15 heavy (non-hydrogen) atoms. The summed E-state index contributed by atoms with van der Waals surface area (Å²) in [4.78, 5) is 9.86. The molecule has 0 aliphatic rings. The maximum Gasteiger partial charge on any atom is 0.524 e. The number of halogens is 3. The van der Waals surface area contributed by atoms with E-state index in [1.165, 1.54) is 5.48 Å². The minimum Gasteiger partial charge on any atom is -0.478 e. The number of carbonyl (C=O) groups is 1. The fraction of sp³-hybridized carbons (Fsp3) is 0.400. The highest BCUT2D eigenvalue weighted by molar-refractivity contribution is 7.87. The van der Waals surface area contributed by atoms with Crippen molar-refractivity contribution in [3.8, 4) is 0 Å². The van der Waals surface area contributed by atoms with Crippen molar-refractivity contribution in [3.63, 3.8) is 0 Å². The van der Waals surface area contributed by atoms with Crippen LogP contribution >= 0.6 is 0 Å². The molecule has 0 aliphatic heterocycles. The van der Waals surface area contributed by atoms with Crippen LogP contribution in [0.3, 0.4) is 0 Å². The molecule has 88 valence electrons. The normalized spacial score (nSPS) is 13.3. The van der Waals surface area contributed by atoms with Gasteiger partial charge in [0.05, 0.1) is 0 Å². The zero-order valence-corrected chi connectivity index (χ0v) is 7.80. The Labute approximate surface area is 82.4 Å². The summed E-state index contributed by atoms with van der Waals surface area (Å²) in [6.45, 7) is -0.498. The van der Waals surface area contributed by atoms with Crippen LogP contribution in [-0.4, -0.2) is 31.5 Å². The summed E-state index contributed by atoms with van der Waals surface area (Å²) in [5.74, 6) is -1.32. The lowest BCUT2D eigenvalue weighted by molar-refractivity contribution is -0.131. The van der Waals surface area contributed by atoms with E-state index < -0.39 is 28.1 Å². The standard InChI is InChI=1S/C5H6F3NO5S/c6-5(7,8)15(12,13)14-9-3-1-2-4(10)11/h1-2,9H,3H2,(H,10,11). The molecule has 0 spiro atoms. The number of rotatable bonds is 5. The van der Waals surface area contributed by atoms with E-state index in [1.54, 1.807) is 0 Å². The van der Waals surface area contributed by atoms with Gasteiger partial charge in [0.2, 0.25) is 0 Å². The van der Waals surface area contributed by atoms with Crippen molar-refractivity contribution in [2.45, 2.75) is 5.51 Å². The lowest BCUT2D eigenvalue weighted by Crippen LogP contribution is -2.31. The second-order valence-electron chi connectivity index (χ2n) is 2.07. The van der Waals surface area contributed by atoms with E-state index in [9.17, 15) is 26.4 Å². The van der Waals surface area contributed by atoms with Crippen LogP contribution in [0.1, 0.15) is 0 Å². The Hall–Kier alpha value is -1.13. The number of carboxylic acid groups (broad SMARTS) is 1. The first-order valence-electron chi connectivity index (χ1n) is 3.29. The van der Waals surface area contributed by atoms with Crippen LogP contribution in [-0.2, 0) is 19.2 Å². The minimum absolute atomic E-state index is 0.498. The van der Waals surface area contributed by atoms with E-state index in [0.717, 1.165) is 6.08 Å².